The third-order valence-electron chi connectivity index (χ3n) is 3.26. The fourth-order valence-corrected chi connectivity index (χ4v) is 3.50. The van der Waals surface area contributed by atoms with Crippen molar-refractivity contribution in [3.8, 4) is 5.75 Å². The molecule has 0 bridgehead atoms. The van der Waals surface area contributed by atoms with Crippen LogP contribution in [0.4, 0.5) is 0 Å². The molecule has 0 unspecified atom stereocenters. The number of methoxy groups -OCH3 is 1. The Bertz CT molecular complexity index is 664. The van der Waals surface area contributed by atoms with Crippen LogP contribution in [0.3, 0.4) is 0 Å². The third-order valence-corrected chi connectivity index (χ3v) is 4.44. The fourth-order valence-electron chi connectivity index (χ4n) is 2.32. The monoisotopic (exact) mass is 308 g/mol. The first-order chi connectivity index (χ1) is 10.5. The number of hydrogen-bond donors (Lipinski definition) is 0. The molecule has 2 aromatic rings. The molecular formula is C20H24OSi. The summed E-state index contributed by atoms with van der Waals surface area (Å²) in [6, 6.07) is 18.6. The quantitative estimate of drug-likeness (QED) is 0.511. The summed E-state index contributed by atoms with van der Waals surface area (Å²) in [5.41, 5.74) is 6.02. The second-order valence-corrected chi connectivity index (χ2v) is 11.4. The summed E-state index contributed by atoms with van der Waals surface area (Å²) in [6.45, 7) is 7.04. The van der Waals surface area contributed by atoms with Gasteiger partial charge >= 0.3 is 0 Å². The summed E-state index contributed by atoms with van der Waals surface area (Å²) < 4.78 is 5.53. The van der Waals surface area contributed by atoms with Crippen LogP contribution >= 0.6 is 0 Å². The zero-order valence-corrected chi connectivity index (χ0v) is 14.8. The van der Waals surface area contributed by atoms with Gasteiger partial charge in [0.25, 0.3) is 0 Å². The number of benzene rings is 2. The van der Waals surface area contributed by atoms with E-state index >= 15 is 0 Å². The lowest BCUT2D eigenvalue weighted by atomic mass is 10.0. The largest absolute Gasteiger partial charge is 0.496 e. The second-order valence-electron chi connectivity index (χ2n) is 6.41. The molecule has 0 aliphatic carbocycles. The minimum Gasteiger partial charge on any atom is -0.496 e. The van der Waals surface area contributed by atoms with Gasteiger partial charge in [0.15, 0.2) is 0 Å². The summed E-state index contributed by atoms with van der Waals surface area (Å²) in [7, 11) is 0.382. The lowest BCUT2D eigenvalue weighted by Gasteiger charge is -2.15. The van der Waals surface area contributed by atoms with Gasteiger partial charge in [-0.2, -0.15) is 0 Å². The van der Waals surface area contributed by atoms with Gasteiger partial charge in [-0.3, -0.25) is 0 Å². The summed E-state index contributed by atoms with van der Waals surface area (Å²) >= 11 is 0. The van der Waals surface area contributed by atoms with Gasteiger partial charge in [-0.1, -0.05) is 86.0 Å². The molecular weight excluding hydrogens is 284 g/mol. The molecule has 0 atom stereocenters. The van der Waals surface area contributed by atoms with Crippen molar-refractivity contribution in [3.05, 3.63) is 77.5 Å². The van der Waals surface area contributed by atoms with E-state index in [1.165, 1.54) is 11.1 Å². The number of rotatable bonds is 5. The molecule has 2 heteroatoms. The van der Waals surface area contributed by atoms with E-state index in [0.29, 0.717) is 0 Å². The maximum absolute atomic E-state index is 5.53. The average molecular weight is 308 g/mol. The molecule has 0 aromatic heterocycles. The molecule has 0 fully saturated rings. The molecule has 0 aliphatic heterocycles. The van der Waals surface area contributed by atoms with Gasteiger partial charge in [-0.25, -0.2) is 0 Å². The molecule has 22 heavy (non-hydrogen) atoms. The Kier molecular flexibility index (Phi) is 5.39. The van der Waals surface area contributed by atoms with Crippen molar-refractivity contribution in [3.63, 3.8) is 0 Å². The van der Waals surface area contributed by atoms with Crippen molar-refractivity contribution >= 4 is 19.7 Å². The Morgan fingerprint density at radius 2 is 1.55 bits per heavy atom. The van der Waals surface area contributed by atoms with Gasteiger partial charge in [0.05, 0.1) is 15.2 Å². The lowest BCUT2D eigenvalue weighted by Crippen LogP contribution is -2.16. The maximum Gasteiger partial charge on any atom is 0.126 e. The van der Waals surface area contributed by atoms with Crippen molar-refractivity contribution in [2.24, 2.45) is 0 Å². The van der Waals surface area contributed by atoms with Gasteiger partial charge in [0.2, 0.25) is 0 Å². The predicted octanol–water partition coefficient (Wildman–Crippen LogP) is 5.67. The first-order valence-corrected chi connectivity index (χ1v) is 11.2. The molecule has 0 saturated carbocycles. The summed E-state index contributed by atoms with van der Waals surface area (Å²) in [4.78, 5) is 0. The maximum atomic E-state index is 5.53. The SMILES string of the molecule is COc1ccccc1C(/C=C\c1ccccc1)=C/[Si](C)(C)C. The highest BCUT2D eigenvalue weighted by Crippen LogP contribution is 2.28. The van der Waals surface area contributed by atoms with Crippen molar-refractivity contribution in [1.82, 2.24) is 0 Å². The van der Waals surface area contributed by atoms with Crippen molar-refractivity contribution in [2.45, 2.75) is 19.6 Å². The van der Waals surface area contributed by atoms with Gasteiger partial charge < -0.3 is 4.74 Å². The first-order valence-electron chi connectivity index (χ1n) is 7.59. The van der Waals surface area contributed by atoms with Crippen LogP contribution in [0.25, 0.3) is 11.6 Å². The Morgan fingerprint density at radius 3 is 2.18 bits per heavy atom. The van der Waals surface area contributed by atoms with Gasteiger partial charge in [-0.15, -0.1) is 0 Å². The topological polar surface area (TPSA) is 9.23 Å². The molecule has 0 aliphatic rings. The van der Waals surface area contributed by atoms with Crippen LogP contribution in [0.1, 0.15) is 11.1 Å². The molecule has 0 N–H and O–H groups in total. The van der Waals surface area contributed by atoms with Crippen LogP contribution < -0.4 is 4.74 Å². The molecule has 0 amide bonds. The van der Waals surface area contributed by atoms with E-state index in [9.17, 15) is 0 Å². The molecule has 114 valence electrons. The minimum absolute atomic E-state index is 0.921. The zero-order chi connectivity index (χ0) is 16.0. The van der Waals surface area contributed by atoms with Gasteiger partial charge in [0.1, 0.15) is 5.75 Å². The average Bonchev–Trinajstić information content (AvgIpc) is 2.51. The summed E-state index contributed by atoms with van der Waals surface area (Å²) in [5.74, 6) is 0.921. The Hall–Kier alpha value is -2.06. The Labute approximate surface area is 135 Å². The van der Waals surface area contributed by atoms with E-state index in [0.717, 1.165) is 11.3 Å². The second kappa shape index (κ2) is 7.28. The Morgan fingerprint density at radius 1 is 0.909 bits per heavy atom. The van der Waals surface area contributed by atoms with Crippen molar-refractivity contribution < 1.29 is 4.74 Å². The zero-order valence-electron chi connectivity index (χ0n) is 13.8. The first kappa shape index (κ1) is 16.3. The van der Waals surface area contributed by atoms with Crippen LogP contribution in [0.5, 0.6) is 5.75 Å². The van der Waals surface area contributed by atoms with E-state index in [2.05, 4.69) is 73.9 Å². The number of allylic oxidation sites excluding steroid dienone is 2. The Balaban J connectivity index is 2.44. The molecule has 0 spiro atoms. The van der Waals surface area contributed by atoms with Crippen LogP contribution in [0.15, 0.2) is 66.4 Å². The van der Waals surface area contributed by atoms with Crippen LogP contribution in [0.2, 0.25) is 19.6 Å². The van der Waals surface area contributed by atoms with E-state index in [-0.39, 0.29) is 0 Å². The molecule has 0 radical (unpaired) electrons. The minimum atomic E-state index is -1.35. The number of hydrogen-bond acceptors (Lipinski definition) is 1. The predicted molar refractivity (Wildman–Crippen MR) is 99.8 cm³/mol. The van der Waals surface area contributed by atoms with E-state index < -0.39 is 8.07 Å². The fraction of sp³-hybridized carbons (Fsp3) is 0.200. The van der Waals surface area contributed by atoms with E-state index in [1.807, 2.05) is 18.2 Å². The van der Waals surface area contributed by atoms with Crippen LogP contribution in [-0.2, 0) is 0 Å². The van der Waals surface area contributed by atoms with E-state index in [1.54, 1.807) is 7.11 Å². The molecule has 2 aromatic carbocycles. The van der Waals surface area contributed by atoms with Crippen molar-refractivity contribution in [1.29, 1.82) is 0 Å². The van der Waals surface area contributed by atoms with Crippen LogP contribution in [0, 0.1) is 0 Å². The number of para-hydroxylation sites is 1. The molecule has 1 nitrogen and oxygen atoms in total. The highest BCUT2D eigenvalue weighted by molar-refractivity contribution is 6.81. The standard InChI is InChI=1S/C20H24OSi/c1-21-20-13-9-8-12-19(20)18(16-22(2,3)4)15-14-17-10-6-5-7-11-17/h5-16H,1-4H3/b15-14-,18-16+. The van der Waals surface area contributed by atoms with Gasteiger partial charge in [-0.05, 0) is 17.2 Å². The molecule has 2 rings (SSSR count). The summed E-state index contributed by atoms with van der Waals surface area (Å²) in [6.07, 6.45) is 4.36. The normalized spacial score (nSPS) is 12.6. The van der Waals surface area contributed by atoms with E-state index in [4.69, 9.17) is 4.74 Å². The molecule has 0 heterocycles. The highest BCUT2D eigenvalue weighted by Gasteiger charge is 2.13. The lowest BCUT2D eigenvalue weighted by molar-refractivity contribution is 0.413. The molecule has 0 saturated heterocycles. The van der Waals surface area contributed by atoms with Gasteiger partial charge in [0, 0.05) is 5.56 Å². The van der Waals surface area contributed by atoms with Crippen LogP contribution in [-0.4, -0.2) is 15.2 Å². The third kappa shape index (κ3) is 4.74. The number of ether oxygens (including phenoxy) is 1. The smallest absolute Gasteiger partial charge is 0.126 e. The highest BCUT2D eigenvalue weighted by atomic mass is 28.3. The van der Waals surface area contributed by atoms with Crippen molar-refractivity contribution in [2.75, 3.05) is 7.11 Å². The summed E-state index contributed by atoms with van der Waals surface area (Å²) in [5, 5.41) is 0.